The van der Waals surface area contributed by atoms with E-state index < -0.39 is 15.6 Å². The lowest BCUT2D eigenvalue weighted by Gasteiger charge is -2.40. The lowest BCUT2D eigenvalue weighted by Crippen LogP contribution is -2.56. The van der Waals surface area contributed by atoms with E-state index in [1.807, 2.05) is 27.7 Å². The van der Waals surface area contributed by atoms with Crippen molar-refractivity contribution in [3.63, 3.8) is 0 Å². The fraction of sp³-hybridized carbons (Fsp3) is 1.00. The maximum atomic E-state index is 12.3. The summed E-state index contributed by atoms with van der Waals surface area (Å²) in [6, 6.07) is 0. The summed E-state index contributed by atoms with van der Waals surface area (Å²) in [7, 11) is -3.18. The van der Waals surface area contributed by atoms with Gasteiger partial charge in [0.2, 0.25) is 10.0 Å². The Kier molecular flexibility index (Phi) is 7.28. The third-order valence-electron chi connectivity index (χ3n) is 3.60. The van der Waals surface area contributed by atoms with Gasteiger partial charge in [0.05, 0.1) is 5.75 Å². The standard InChI is InChI=1S/C12H28N2O2S/c1-5-9-10-17(15,16)14(8-4)12(6-2,7-3)11-13/h5-11,13H2,1-4H3. The minimum atomic E-state index is -3.18. The van der Waals surface area contributed by atoms with Crippen LogP contribution in [0.15, 0.2) is 0 Å². The average Bonchev–Trinajstić information content (AvgIpc) is 2.33. The van der Waals surface area contributed by atoms with E-state index in [1.165, 1.54) is 0 Å². The number of sulfonamides is 1. The highest BCUT2D eigenvalue weighted by Crippen LogP contribution is 2.26. The first-order valence-electron chi connectivity index (χ1n) is 6.64. The molecule has 0 saturated carbocycles. The summed E-state index contributed by atoms with van der Waals surface area (Å²) in [5, 5.41) is 0. The van der Waals surface area contributed by atoms with Gasteiger partial charge in [0.15, 0.2) is 0 Å². The molecule has 0 fully saturated rings. The van der Waals surface area contributed by atoms with Gasteiger partial charge in [0, 0.05) is 18.6 Å². The average molecular weight is 264 g/mol. The first-order chi connectivity index (χ1) is 7.94. The third-order valence-corrected chi connectivity index (χ3v) is 5.73. The van der Waals surface area contributed by atoms with E-state index in [0.717, 1.165) is 19.3 Å². The second-order valence-electron chi connectivity index (χ2n) is 4.47. The van der Waals surface area contributed by atoms with Crippen LogP contribution in [0, 0.1) is 0 Å². The molecule has 4 nitrogen and oxygen atoms in total. The van der Waals surface area contributed by atoms with Crippen LogP contribution in [-0.2, 0) is 10.0 Å². The van der Waals surface area contributed by atoms with Crippen molar-refractivity contribution in [1.29, 1.82) is 0 Å². The number of nitrogens with two attached hydrogens (primary N) is 1. The van der Waals surface area contributed by atoms with E-state index in [0.29, 0.717) is 19.5 Å². The lowest BCUT2D eigenvalue weighted by molar-refractivity contribution is 0.184. The fourth-order valence-electron chi connectivity index (χ4n) is 2.26. The van der Waals surface area contributed by atoms with Crippen LogP contribution in [-0.4, -0.2) is 37.1 Å². The highest BCUT2D eigenvalue weighted by molar-refractivity contribution is 7.89. The van der Waals surface area contributed by atoms with Gasteiger partial charge in [-0.1, -0.05) is 34.1 Å². The Morgan fingerprint density at radius 3 is 1.94 bits per heavy atom. The van der Waals surface area contributed by atoms with Crippen molar-refractivity contribution in [3.8, 4) is 0 Å². The molecule has 0 spiro atoms. The Bertz CT molecular complexity index is 289. The molecular formula is C12H28N2O2S. The Balaban J connectivity index is 5.16. The van der Waals surface area contributed by atoms with Crippen molar-refractivity contribution in [2.24, 2.45) is 5.73 Å². The molecule has 0 aromatic carbocycles. The van der Waals surface area contributed by atoms with Gasteiger partial charge < -0.3 is 5.73 Å². The zero-order valence-corrected chi connectivity index (χ0v) is 12.5. The molecule has 0 rings (SSSR count). The number of nitrogens with zero attached hydrogens (tertiary/aromatic N) is 1. The summed E-state index contributed by atoms with van der Waals surface area (Å²) in [5.74, 6) is 0.235. The van der Waals surface area contributed by atoms with E-state index in [2.05, 4.69) is 0 Å². The van der Waals surface area contributed by atoms with Gasteiger partial charge in [0.25, 0.3) is 0 Å². The number of hydrogen-bond donors (Lipinski definition) is 1. The number of unbranched alkanes of at least 4 members (excludes halogenated alkanes) is 1. The van der Waals surface area contributed by atoms with E-state index in [9.17, 15) is 8.42 Å². The molecule has 5 heteroatoms. The predicted molar refractivity (Wildman–Crippen MR) is 73.4 cm³/mol. The van der Waals surface area contributed by atoms with Crippen molar-refractivity contribution in [2.45, 2.75) is 58.9 Å². The second-order valence-corrected chi connectivity index (χ2v) is 6.48. The van der Waals surface area contributed by atoms with Crippen LogP contribution in [0.3, 0.4) is 0 Å². The summed E-state index contributed by atoms with van der Waals surface area (Å²) in [4.78, 5) is 0. The molecule has 17 heavy (non-hydrogen) atoms. The number of likely N-dealkylation sites (N-methyl/N-ethyl adjacent to an activating group) is 1. The predicted octanol–water partition coefficient (Wildman–Crippen LogP) is 1.96. The molecule has 0 unspecified atom stereocenters. The van der Waals surface area contributed by atoms with Gasteiger partial charge in [-0.3, -0.25) is 0 Å². The Morgan fingerprint density at radius 2 is 1.65 bits per heavy atom. The minimum Gasteiger partial charge on any atom is -0.329 e. The monoisotopic (exact) mass is 264 g/mol. The van der Waals surface area contributed by atoms with Crippen LogP contribution in [0.4, 0.5) is 0 Å². The van der Waals surface area contributed by atoms with Crippen LogP contribution < -0.4 is 5.73 Å². The van der Waals surface area contributed by atoms with Crippen LogP contribution in [0.25, 0.3) is 0 Å². The van der Waals surface area contributed by atoms with Crippen LogP contribution in [0.1, 0.15) is 53.4 Å². The number of hydrogen-bond acceptors (Lipinski definition) is 3. The van der Waals surface area contributed by atoms with E-state index in [4.69, 9.17) is 5.73 Å². The van der Waals surface area contributed by atoms with Crippen molar-refractivity contribution in [1.82, 2.24) is 4.31 Å². The molecular weight excluding hydrogens is 236 g/mol. The molecule has 104 valence electrons. The normalized spacial score (nSPS) is 13.3. The first-order valence-corrected chi connectivity index (χ1v) is 8.25. The summed E-state index contributed by atoms with van der Waals surface area (Å²) in [6.45, 7) is 8.80. The summed E-state index contributed by atoms with van der Waals surface area (Å²) in [6.07, 6.45) is 3.13. The molecule has 0 aliphatic carbocycles. The third kappa shape index (κ3) is 3.93. The van der Waals surface area contributed by atoms with E-state index in [1.54, 1.807) is 4.31 Å². The zero-order valence-electron chi connectivity index (χ0n) is 11.7. The molecule has 2 N–H and O–H groups in total. The summed E-state index contributed by atoms with van der Waals surface area (Å²) in [5.41, 5.74) is 5.42. The van der Waals surface area contributed by atoms with Crippen molar-refractivity contribution in [2.75, 3.05) is 18.8 Å². The van der Waals surface area contributed by atoms with Gasteiger partial charge in [-0.05, 0) is 19.3 Å². The zero-order chi connectivity index (χ0) is 13.5. The Labute approximate surface area is 107 Å². The van der Waals surface area contributed by atoms with Gasteiger partial charge in [-0.25, -0.2) is 8.42 Å². The number of rotatable bonds is 9. The van der Waals surface area contributed by atoms with Crippen molar-refractivity contribution >= 4 is 10.0 Å². The van der Waals surface area contributed by atoms with Gasteiger partial charge in [0.1, 0.15) is 0 Å². The molecule has 0 aliphatic heterocycles. The molecule has 0 amide bonds. The maximum Gasteiger partial charge on any atom is 0.214 e. The fourth-order valence-corrected chi connectivity index (χ4v) is 4.45. The van der Waals surface area contributed by atoms with E-state index in [-0.39, 0.29) is 5.75 Å². The molecule has 0 heterocycles. The SMILES string of the molecule is CCCCS(=O)(=O)N(CC)C(CC)(CC)CN. The molecule has 0 aromatic rings. The first kappa shape index (κ1) is 16.9. The summed E-state index contributed by atoms with van der Waals surface area (Å²) >= 11 is 0. The Hall–Kier alpha value is -0.130. The van der Waals surface area contributed by atoms with Crippen molar-refractivity contribution < 1.29 is 8.42 Å². The van der Waals surface area contributed by atoms with Gasteiger partial charge >= 0.3 is 0 Å². The lowest BCUT2D eigenvalue weighted by atomic mass is 9.93. The Morgan fingerprint density at radius 1 is 1.12 bits per heavy atom. The van der Waals surface area contributed by atoms with E-state index >= 15 is 0 Å². The van der Waals surface area contributed by atoms with Gasteiger partial charge in [-0.2, -0.15) is 4.31 Å². The van der Waals surface area contributed by atoms with Gasteiger partial charge in [-0.15, -0.1) is 0 Å². The molecule has 0 saturated heterocycles. The van der Waals surface area contributed by atoms with Crippen molar-refractivity contribution in [3.05, 3.63) is 0 Å². The highest BCUT2D eigenvalue weighted by atomic mass is 32.2. The second kappa shape index (κ2) is 7.34. The topological polar surface area (TPSA) is 63.4 Å². The molecule has 0 aromatic heterocycles. The highest BCUT2D eigenvalue weighted by Gasteiger charge is 2.38. The summed E-state index contributed by atoms with van der Waals surface area (Å²) < 4.78 is 26.2. The molecule has 0 radical (unpaired) electrons. The van der Waals surface area contributed by atoms with Crippen LogP contribution in [0.5, 0.6) is 0 Å². The molecule has 0 aliphatic rings. The van der Waals surface area contributed by atoms with Crippen LogP contribution in [0.2, 0.25) is 0 Å². The minimum absolute atomic E-state index is 0.235. The quantitative estimate of drug-likeness (QED) is 0.692. The van der Waals surface area contributed by atoms with Crippen LogP contribution >= 0.6 is 0 Å². The smallest absolute Gasteiger partial charge is 0.214 e. The maximum absolute atomic E-state index is 12.3. The largest absolute Gasteiger partial charge is 0.329 e. The molecule has 0 atom stereocenters. The molecule has 0 bridgehead atoms.